The maximum Gasteiger partial charge on any atom is 0.311 e. The molecule has 0 aliphatic heterocycles. The molecule has 0 unspecified atom stereocenters. The summed E-state index contributed by atoms with van der Waals surface area (Å²) in [5.41, 5.74) is 1.20. The number of hydrogen-bond acceptors (Lipinski definition) is 4. The van der Waals surface area contributed by atoms with Gasteiger partial charge in [-0.05, 0) is 37.3 Å². The first-order valence-electron chi connectivity index (χ1n) is 15.5. The topological polar surface area (TPSA) is 52.6 Å². The van der Waals surface area contributed by atoms with E-state index in [0.29, 0.717) is 24.3 Å². The van der Waals surface area contributed by atoms with E-state index in [1.165, 1.54) is 37.7 Å². The van der Waals surface area contributed by atoms with Crippen LogP contribution in [-0.4, -0.2) is 11.9 Å². The second-order valence-electron chi connectivity index (χ2n) is 10.8. The number of benzene rings is 3. The van der Waals surface area contributed by atoms with Crippen LogP contribution in [0.1, 0.15) is 123 Å². The molecular weight excluding hydrogens is 484 g/mol. The number of fused-ring (bicyclic) bond motifs is 2. The quantitative estimate of drug-likeness (QED) is 0.0707. The second kappa shape index (κ2) is 16.9. The minimum absolute atomic E-state index is 0.203. The molecule has 0 amide bonds. The lowest BCUT2D eigenvalue weighted by molar-refractivity contribution is -0.135. The van der Waals surface area contributed by atoms with Crippen molar-refractivity contribution in [2.24, 2.45) is 0 Å². The van der Waals surface area contributed by atoms with Crippen LogP contribution in [0.25, 0.3) is 21.5 Å². The molecule has 0 aliphatic rings. The average Bonchev–Trinajstić information content (AvgIpc) is 2.94. The Morgan fingerprint density at radius 2 is 1.00 bits per heavy atom. The number of esters is 2. The zero-order valence-corrected chi connectivity index (χ0v) is 24.5. The number of unbranched alkanes of at least 4 members (excludes halogenated alkanes) is 10. The summed E-state index contributed by atoms with van der Waals surface area (Å²) >= 11 is 0. The summed E-state index contributed by atoms with van der Waals surface area (Å²) in [6.07, 6.45) is 16.0. The van der Waals surface area contributed by atoms with Crippen LogP contribution in [0.15, 0.2) is 42.5 Å². The van der Waals surface area contributed by atoms with Gasteiger partial charge in [0, 0.05) is 34.4 Å². The fraction of sp³-hybridized carbons (Fsp3) is 0.543. The SMILES string of the molecule is CCCCCCCC(=O)Oc1c2ccccc2c(OC(=O)CCCCCCC)c2cc(CCCCC)ccc12. The molecule has 0 spiro atoms. The molecule has 0 radical (unpaired) electrons. The number of rotatable bonds is 18. The van der Waals surface area contributed by atoms with Gasteiger partial charge in [0.05, 0.1) is 0 Å². The van der Waals surface area contributed by atoms with Gasteiger partial charge < -0.3 is 9.47 Å². The predicted molar refractivity (Wildman–Crippen MR) is 163 cm³/mol. The summed E-state index contributed by atoms with van der Waals surface area (Å²) in [6.45, 7) is 6.58. The third-order valence-corrected chi connectivity index (χ3v) is 7.46. The maximum atomic E-state index is 13.0. The van der Waals surface area contributed by atoms with Crippen molar-refractivity contribution in [3.8, 4) is 11.5 Å². The smallest absolute Gasteiger partial charge is 0.311 e. The van der Waals surface area contributed by atoms with Crippen LogP contribution in [0.2, 0.25) is 0 Å². The van der Waals surface area contributed by atoms with Gasteiger partial charge in [0.2, 0.25) is 0 Å². The first kappa shape index (κ1) is 30.7. The van der Waals surface area contributed by atoms with Crippen molar-refractivity contribution < 1.29 is 19.1 Å². The van der Waals surface area contributed by atoms with Crippen LogP contribution in [-0.2, 0) is 16.0 Å². The number of hydrogen-bond donors (Lipinski definition) is 0. The monoisotopic (exact) mass is 532 g/mol. The molecule has 0 atom stereocenters. The molecule has 0 aromatic heterocycles. The summed E-state index contributed by atoms with van der Waals surface area (Å²) in [6, 6.07) is 14.1. The van der Waals surface area contributed by atoms with E-state index in [2.05, 4.69) is 32.9 Å². The van der Waals surface area contributed by atoms with Crippen molar-refractivity contribution in [3.63, 3.8) is 0 Å². The van der Waals surface area contributed by atoms with Crippen LogP contribution in [0, 0.1) is 0 Å². The van der Waals surface area contributed by atoms with Crippen LogP contribution < -0.4 is 9.47 Å². The predicted octanol–water partition coefficient (Wildman–Crippen LogP) is 10.3. The molecule has 0 saturated heterocycles. The number of carbonyl (C=O) groups excluding carboxylic acids is 2. The molecule has 4 heteroatoms. The summed E-state index contributed by atoms with van der Waals surface area (Å²) in [7, 11) is 0. The van der Waals surface area contributed by atoms with E-state index in [9.17, 15) is 9.59 Å². The van der Waals surface area contributed by atoms with Gasteiger partial charge in [-0.1, -0.05) is 121 Å². The van der Waals surface area contributed by atoms with Gasteiger partial charge in [-0.3, -0.25) is 9.59 Å². The largest absolute Gasteiger partial charge is 0.425 e. The summed E-state index contributed by atoms with van der Waals surface area (Å²) in [5.74, 6) is 0.738. The lowest BCUT2D eigenvalue weighted by Gasteiger charge is -2.17. The molecule has 0 aliphatic carbocycles. The van der Waals surface area contributed by atoms with Crippen molar-refractivity contribution in [2.45, 2.75) is 124 Å². The lowest BCUT2D eigenvalue weighted by atomic mass is 9.97. The lowest BCUT2D eigenvalue weighted by Crippen LogP contribution is -2.11. The molecule has 4 nitrogen and oxygen atoms in total. The van der Waals surface area contributed by atoms with E-state index in [-0.39, 0.29) is 11.9 Å². The maximum absolute atomic E-state index is 13.0. The highest BCUT2D eigenvalue weighted by atomic mass is 16.5. The zero-order chi connectivity index (χ0) is 27.9. The second-order valence-corrected chi connectivity index (χ2v) is 10.8. The highest BCUT2D eigenvalue weighted by Crippen LogP contribution is 2.43. The van der Waals surface area contributed by atoms with E-state index in [0.717, 1.165) is 79.3 Å². The Morgan fingerprint density at radius 1 is 0.538 bits per heavy atom. The van der Waals surface area contributed by atoms with Gasteiger partial charge in [-0.2, -0.15) is 0 Å². The van der Waals surface area contributed by atoms with Gasteiger partial charge in [-0.25, -0.2) is 0 Å². The van der Waals surface area contributed by atoms with Gasteiger partial charge >= 0.3 is 11.9 Å². The van der Waals surface area contributed by atoms with Gasteiger partial charge in [-0.15, -0.1) is 0 Å². The highest BCUT2D eigenvalue weighted by molar-refractivity contribution is 6.12. The summed E-state index contributed by atoms with van der Waals surface area (Å²) in [4.78, 5) is 25.9. The van der Waals surface area contributed by atoms with Crippen molar-refractivity contribution in [2.75, 3.05) is 0 Å². The van der Waals surface area contributed by atoms with E-state index in [1.54, 1.807) is 0 Å². The first-order valence-corrected chi connectivity index (χ1v) is 15.5. The number of ether oxygens (including phenoxy) is 2. The Morgan fingerprint density at radius 3 is 1.54 bits per heavy atom. The standard InChI is InChI=1S/C35H48O4/c1-4-7-10-12-15-22-32(36)38-34-28-20-17-18-21-29(28)35(39-33(37)23-16-13-11-8-5-2)31-26-27(19-14-9-6-3)24-25-30(31)34/h17-18,20-21,24-26H,4-16,19,22-23H2,1-3H3. The molecule has 3 aromatic carbocycles. The minimum Gasteiger partial charge on any atom is -0.425 e. The van der Waals surface area contributed by atoms with E-state index >= 15 is 0 Å². The minimum atomic E-state index is -0.207. The van der Waals surface area contributed by atoms with Crippen molar-refractivity contribution in [1.29, 1.82) is 0 Å². The summed E-state index contributed by atoms with van der Waals surface area (Å²) < 4.78 is 12.2. The molecule has 3 rings (SSSR count). The first-order chi connectivity index (χ1) is 19.1. The van der Waals surface area contributed by atoms with E-state index in [1.807, 2.05) is 30.3 Å². The Balaban J connectivity index is 1.94. The Hall–Kier alpha value is -2.88. The number of aryl methyl sites for hydroxylation is 1. The molecule has 0 saturated carbocycles. The molecule has 212 valence electrons. The average molecular weight is 533 g/mol. The molecule has 0 heterocycles. The molecule has 39 heavy (non-hydrogen) atoms. The fourth-order valence-corrected chi connectivity index (χ4v) is 5.18. The molecular formula is C35H48O4. The normalized spacial score (nSPS) is 11.3. The molecule has 0 bridgehead atoms. The van der Waals surface area contributed by atoms with Crippen molar-refractivity contribution >= 4 is 33.5 Å². The molecule has 3 aromatic rings. The van der Waals surface area contributed by atoms with Crippen molar-refractivity contribution in [1.82, 2.24) is 0 Å². The van der Waals surface area contributed by atoms with Gasteiger partial charge in [0.1, 0.15) is 11.5 Å². The van der Waals surface area contributed by atoms with Gasteiger partial charge in [0.25, 0.3) is 0 Å². The van der Waals surface area contributed by atoms with Crippen LogP contribution in [0.4, 0.5) is 0 Å². The third-order valence-electron chi connectivity index (χ3n) is 7.46. The van der Waals surface area contributed by atoms with Crippen LogP contribution >= 0.6 is 0 Å². The van der Waals surface area contributed by atoms with E-state index in [4.69, 9.17) is 9.47 Å². The van der Waals surface area contributed by atoms with E-state index < -0.39 is 0 Å². The highest BCUT2D eigenvalue weighted by Gasteiger charge is 2.20. The fourth-order valence-electron chi connectivity index (χ4n) is 5.18. The van der Waals surface area contributed by atoms with Crippen LogP contribution in [0.5, 0.6) is 11.5 Å². The molecule has 0 N–H and O–H groups in total. The Kier molecular flexibility index (Phi) is 13.3. The Bertz CT molecular complexity index is 1200. The van der Waals surface area contributed by atoms with Crippen LogP contribution in [0.3, 0.4) is 0 Å². The number of carbonyl (C=O) groups is 2. The third kappa shape index (κ3) is 9.37. The summed E-state index contributed by atoms with van der Waals surface area (Å²) in [5, 5.41) is 3.26. The van der Waals surface area contributed by atoms with Crippen molar-refractivity contribution in [3.05, 3.63) is 48.0 Å². The van der Waals surface area contributed by atoms with Gasteiger partial charge in [0.15, 0.2) is 0 Å². The molecule has 0 fully saturated rings. The Labute approximate surface area is 235 Å². The zero-order valence-electron chi connectivity index (χ0n) is 24.5.